The molecule has 2 amide bonds. The van der Waals surface area contributed by atoms with E-state index < -0.39 is 11.8 Å². The van der Waals surface area contributed by atoms with E-state index in [0.29, 0.717) is 16.8 Å². The number of carbonyl (C=O) groups excluding carboxylic acids is 2. The van der Waals surface area contributed by atoms with Gasteiger partial charge in [-0.1, -0.05) is 18.2 Å². The third-order valence-corrected chi connectivity index (χ3v) is 5.29. The fraction of sp³-hybridized carbons (Fsp3) is 0. The first kappa shape index (κ1) is 20.1. The van der Waals surface area contributed by atoms with Gasteiger partial charge in [-0.05, 0) is 59.0 Å². The van der Waals surface area contributed by atoms with Gasteiger partial charge in [-0.2, -0.15) is 0 Å². The van der Waals surface area contributed by atoms with Crippen molar-refractivity contribution in [1.29, 1.82) is 0 Å². The summed E-state index contributed by atoms with van der Waals surface area (Å²) in [5.41, 5.74) is 6.23. The van der Waals surface area contributed by atoms with Crippen molar-refractivity contribution in [2.24, 2.45) is 0 Å². The van der Waals surface area contributed by atoms with Crippen LogP contribution in [0.15, 0.2) is 73.1 Å². The van der Waals surface area contributed by atoms with Crippen LogP contribution in [0.2, 0.25) is 0 Å². The lowest BCUT2D eigenvalue weighted by atomic mass is 10.2. The zero-order chi connectivity index (χ0) is 21.6. The minimum atomic E-state index is -0.500. The van der Waals surface area contributed by atoms with Crippen molar-refractivity contribution in [1.82, 2.24) is 31.1 Å². The Morgan fingerprint density at radius 1 is 1.00 bits per heavy atom. The van der Waals surface area contributed by atoms with E-state index in [1.165, 1.54) is 34.5 Å². The van der Waals surface area contributed by atoms with E-state index in [-0.39, 0.29) is 5.82 Å². The maximum Gasteiger partial charge on any atom is 0.269 e. The van der Waals surface area contributed by atoms with Gasteiger partial charge in [0, 0.05) is 27.0 Å². The Labute approximate surface area is 180 Å². The highest BCUT2D eigenvalue weighted by atomic mass is 32.1. The molecule has 0 aliphatic carbocycles. The van der Waals surface area contributed by atoms with Crippen LogP contribution in [0.4, 0.5) is 4.39 Å². The number of benzene rings is 2. The van der Waals surface area contributed by atoms with Crippen LogP contribution in [0.1, 0.15) is 15.2 Å². The highest BCUT2D eigenvalue weighted by Crippen LogP contribution is 2.30. The van der Waals surface area contributed by atoms with Gasteiger partial charge in [-0.25, -0.2) is 9.07 Å². The number of nitrogens with one attached hydrogen (secondary N) is 2. The minimum Gasteiger partial charge on any atom is -0.268 e. The largest absolute Gasteiger partial charge is 0.269 e. The van der Waals surface area contributed by atoms with E-state index in [9.17, 15) is 14.0 Å². The Bertz CT molecular complexity index is 1240. The smallest absolute Gasteiger partial charge is 0.268 e. The molecule has 0 spiro atoms. The molecule has 0 unspecified atom stereocenters. The van der Waals surface area contributed by atoms with E-state index in [4.69, 9.17) is 0 Å². The van der Waals surface area contributed by atoms with Gasteiger partial charge >= 0.3 is 0 Å². The number of thiophene rings is 1. The van der Waals surface area contributed by atoms with Crippen LogP contribution in [0.3, 0.4) is 0 Å². The summed E-state index contributed by atoms with van der Waals surface area (Å²) in [4.78, 5) is 25.7. The van der Waals surface area contributed by atoms with Crippen molar-refractivity contribution in [3.8, 4) is 16.1 Å². The molecule has 4 aromatic rings. The fourth-order valence-electron chi connectivity index (χ4n) is 2.68. The average Bonchev–Trinajstić information content (AvgIpc) is 3.49. The second kappa shape index (κ2) is 9.09. The number of nitrogens with zero attached hydrogens (tertiary/aromatic N) is 4. The van der Waals surface area contributed by atoms with Gasteiger partial charge in [0.2, 0.25) is 0 Å². The normalized spacial score (nSPS) is 10.9. The lowest BCUT2D eigenvalue weighted by molar-refractivity contribution is -0.117. The molecule has 0 saturated carbocycles. The van der Waals surface area contributed by atoms with Gasteiger partial charge in [-0.3, -0.25) is 20.4 Å². The quantitative estimate of drug-likeness (QED) is 0.371. The van der Waals surface area contributed by atoms with E-state index in [0.717, 1.165) is 9.75 Å². The fourth-order valence-corrected chi connectivity index (χ4v) is 3.62. The molecule has 4 rings (SSSR count). The van der Waals surface area contributed by atoms with Gasteiger partial charge in [0.05, 0.1) is 5.69 Å². The molecule has 2 heterocycles. The topological polar surface area (TPSA) is 102 Å². The molecule has 154 valence electrons. The maximum atomic E-state index is 13.9. The van der Waals surface area contributed by atoms with E-state index in [2.05, 4.69) is 26.4 Å². The molecule has 2 aromatic carbocycles. The van der Waals surface area contributed by atoms with Crippen LogP contribution in [0, 0.1) is 5.82 Å². The summed E-state index contributed by atoms with van der Waals surface area (Å²) in [6.07, 6.45) is 4.32. The molecule has 2 N–H and O–H groups in total. The monoisotopic (exact) mass is 434 g/mol. The van der Waals surface area contributed by atoms with Crippen molar-refractivity contribution >= 4 is 29.2 Å². The summed E-state index contributed by atoms with van der Waals surface area (Å²) in [6.45, 7) is 0. The SMILES string of the molecule is O=C(/C=C/c1ccc(-c2ccccc2F)s1)NNC(=O)c1ccc(-n2cnnn2)cc1. The molecule has 8 nitrogen and oxygen atoms in total. The lowest BCUT2D eigenvalue weighted by Gasteiger charge is -2.06. The number of rotatable bonds is 5. The molecule has 0 saturated heterocycles. The summed E-state index contributed by atoms with van der Waals surface area (Å²) in [5.74, 6) is -1.27. The van der Waals surface area contributed by atoms with E-state index >= 15 is 0 Å². The second-order valence-electron chi connectivity index (χ2n) is 6.26. The van der Waals surface area contributed by atoms with Gasteiger partial charge in [0.15, 0.2) is 0 Å². The molecule has 10 heteroatoms. The molecule has 0 radical (unpaired) electrons. The second-order valence-corrected chi connectivity index (χ2v) is 7.38. The van der Waals surface area contributed by atoms with Crippen LogP contribution < -0.4 is 10.9 Å². The van der Waals surface area contributed by atoms with Crippen molar-refractivity contribution in [2.45, 2.75) is 0 Å². The standard InChI is InChI=1S/C21H15FN6O2S/c22-18-4-2-1-3-17(18)19-11-9-16(31-19)10-12-20(29)24-25-21(30)14-5-7-15(8-6-14)28-13-23-26-27-28/h1-13H,(H,24,29)(H,25,30)/b12-10+. The zero-order valence-corrected chi connectivity index (χ0v) is 16.7. The number of hydrogen-bond donors (Lipinski definition) is 2. The number of halogens is 1. The highest BCUT2D eigenvalue weighted by molar-refractivity contribution is 7.16. The summed E-state index contributed by atoms with van der Waals surface area (Å²) in [5, 5.41) is 10.9. The summed E-state index contributed by atoms with van der Waals surface area (Å²) in [7, 11) is 0. The van der Waals surface area contributed by atoms with Crippen LogP contribution >= 0.6 is 11.3 Å². The highest BCUT2D eigenvalue weighted by Gasteiger charge is 2.08. The molecule has 0 fully saturated rings. The summed E-state index contributed by atoms with van der Waals surface area (Å²) >= 11 is 1.35. The Morgan fingerprint density at radius 2 is 1.81 bits per heavy atom. The predicted molar refractivity (Wildman–Crippen MR) is 114 cm³/mol. The first-order chi connectivity index (χ1) is 15.1. The Kier molecular flexibility index (Phi) is 5.90. The zero-order valence-electron chi connectivity index (χ0n) is 15.9. The minimum absolute atomic E-state index is 0.300. The van der Waals surface area contributed by atoms with Crippen LogP contribution in [0.5, 0.6) is 0 Å². The number of tetrazole rings is 1. The van der Waals surface area contributed by atoms with Crippen molar-refractivity contribution in [3.63, 3.8) is 0 Å². The van der Waals surface area contributed by atoms with Crippen molar-refractivity contribution < 1.29 is 14.0 Å². The number of hydrazine groups is 1. The molecule has 0 aliphatic heterocycles. The summed E-state index contributed by atoms with van der Waals surface area (Å²) < 4.78 is 15.3. The Morgan fingerprint density at radius 3 is 2.55 bits per heavy atom. The molecule has 0 bridgehead atoms. The first-order valence-electron chi connectivity index (χ1n) is 9.07. The molecule has 2 aromatic heterocycles. The van der Waals surface area contributed by atoms with Crippen LogP contribution in [-0.4, -0.2) is 32.0 Å². The molecule has 0 aliphatic rings. The van der Waals surface area contributed by atoms with E-state index in [1.54, 1.807) is 60.7 Å². The maximum absolute atomic E-state index is 13.9. The summed E-state index contributed by atoms with van der Waals surface area (Å²) in [6, 6.07) is 16.6. The lowest BCUT2D eigenvalue weighted by Crippen LogP contribution is -2.40. The number of carbonyl (C=O) groups is 2. The van der Waals surface area contributed by atoms with Gasteiger partial charge in [0.1, 0.15) is 12.1 Å². The van der Waals surface area contributed by atoms with Gasteiger partial charge < -0.3 is 0 Å². The molecular formula is C21H15FN6O2S. The van der Waals surface area contributed by atoms with Gasteiger partial charge in [-0.15, -0.1) is 16.4 Å². The number of aromatic nitrogens is 4. The number of amides is 2. The Hall–Kier alpha value is -4.18. The molecule has 0 atom stereocenters. The molecule has 31 heavy (non-hydrogen) atoms. The third kappa shape index (κ3) is 4.87. The third-order valence-electron chi connectivity index (χ3n) is 4.21. The predicted octanol–water partition coefficient (Wildman–Crippen LogP) is 3.00. The van der Waals surface area contributed by atoms with E-state index in [1.807, 2.05) is 0 Å². The number of hydrogen-bond acceptors (Lipinski definition) is 6. The van der Waals surface area contributed by atoms with Crippen LogP contribution in [-0.2, 0) is 4.79 Å². The van der Waals surface area contributed by atoms with Crippen molar-refractivity contribution in [3.05, 3.63) is 89.3 Å². The Balaban J connectivity index is 1.31. The van der Waals surface area contributed by atoms with Gasteiger partial charge in [0.25, 0.3) is 11.8 Å². The average molecular weight is 434 g/mol. The first-order valence-corrected chi connectivity index (χ1v) is 9.88. The molecular weight excluding hydrogens is 419 g/mol. The van der Waals surface area contributed by atoms with Crippen LogP contribution in [0.25, 0.3) is 22.2 Å². The van der Waals surface area contributed by atoms with Crippen molar-refractivity contribution in [2.75, 3.05) is 0 Å².